The zero-order chi connectivity index (χ0) is 18.4. The molecule has 1 N–H and O–H groups in total. The Bertz CT molecular complexity index is 941. The lowest BCUT2D eigenvalue weighted by molar-refractivity contribution is 0.189. The molecule has 0 saturated carbocycles. The Labute approximate surface area is 155 Å². The van der Waals surface area contributed by atoms with Crippen LogP contribution < -0.4 is 0 Å². The standard InChI is InChI=1S/C17H21ClN6O2/c1-10-6-15(21-26-10)16-13(17(18)22(3)20-16)9-23-4-5-24-12(8-23)7-14(19-24)11(2)25/h6-7,11,25H,4-5,8-9H2,1-3H3/t11-/m1/s1. The average Bonchev–Trinajstić information content (AvgIpc) is 3.28. The first-order valence-corrected chi connectivity index (χ1v) is 8.92. The predicted octanol–water partition coefficient (Wildman–Crippen LogP) is 2.30. The van der Waals surface area contributed by atoms with Crippen LogP contribution in [0.3, 0.4) is 0 Å². The van der Waals surface area contributed by atoms with Crippen molar-refractivity contribution in [2.24, 2.45) is 7.05 Å². The number of halogens is 1. The van der Waals surface area contributed by atoms with Crippen LogP contribution in [-0.2, 0) is 26.7 Å². The van der Waals surface area contributed by atoms with Crippen LogP contribution in [0.2, 0.25) is 5.15 Å². The Morgan fingerprint density at radius 2 is 2.12 bits per heavy atom. The molecular formula is C17H21ClN6O2. The SMILES string of the molecule is Cc1cc(-c2nn(C)c(Cl)c2CN2CCn3nc([C@@H](C)O)cc3C2)no1. The molecule has 0 bridgehead atoms. The van der Waals surface area contributed by atoms with Gasteiger partial charge in [-0.15, -0.1) is 0 Å². The summed E-state index contributed by atoms with van der Waals surface area (Å²) in [5, 5.41) is 23.4. The molecule has 0 radical (unpaired) electrons. The fourth-order valence-corrected chi connectivity index (χ4v) is 3.46. The molecule has 138 valence electrons. The molecule has 1 aliphatic heterocycles. The quantitative estimate of drug-likeness (QED) is 0.752. The Balaban J connectivity index is 1.60. The van der Waals surface area contributed by atoms with Gasteiger partial charge in [0.1, 0.15) is 22.3 Å². The molecule has 0 fully saturated rings. The average molecular weight is 377 g/mol. The van der Waals surface area contributed by atoms with Gasteiger partial charge in [0.25, 0.3) is 0 Å². The van der Waals surface area contributed by atoms with Gasteiger partial charge in [-0.3, -0.25) is 14.3 Å². The second-order valence-electron chi connectivity index (χ2n) is 6.73. The Morgan fingerprint density at radius 1 is 1.31 bits per heavy atom. The van der Waals surface area contributed by atoms with Crippen LogP contribution >= 0.6 is 11.6 Å². The molecule has 3 aromatic rings. The maximum absolute atomic E-state index is 9.74. The molecule has 4 rings (SSSR count). The summed E-state index contributed by atoms with van der Waals surface area (Å²) in [7, 11) is 1.82. The maximum Gasteiger partial charge on any atom is 0.134 e. The van der Waals surface area contributed by atoms with Gasteiger partial charge in [-0.25, -0.2) is 0 Å². The van der Waals surface area contributed by atoms with E-state index in [1.54, 1.807) is 11.6 Å². The van der Waals surface area contributed by atoms with E-state index in [-0.39, 0.29) is 0 Å². The first kappa shape index (κ1) is 17.3. The highest BCUT2D eigenvalue weighted by molar-refractivity contribution is 6.30. The van der Waals surface area contributed by atoms with Gasteiger partial charge in [0.05, 0.1) is 24.0 Å². The van der Waals surface area contributed by atoms with Crippen LogP contribution in [0.1, 0.15) is 35.7 Å². The van der Waals surface area contributed by atoms with Gasteiger partial charge >= 0.3 is 0 Å². The van der Waals surface area contributed by atoms with Crippen molar-refractivity contribution >= 4 is 11.6 Å². The van der Waals surface area contributed by atoms with Crippen LogP contribution in [-0.4, -0.2) is 41.3 Å². The summed E-state index contributed by atoms with van der Waals surface area (Å²) < 4.78 is 8.82. The molecule has 1 atom stereocenters. The third-order valence-corrected chi connectivity index (χ3v) is 5.12. The van der Waals surface area contributed by atoms with E-state index in [0.717, 1.165) is 42.3 Å². The number of rotatable bonds is 4. The van der Waals surface area contributed by atoms with Crippen molar-refractivity contribution in [3.05, 3.63) is 40.0 Å². The zero-order valence-electron chi connectivity index (χ0n) is 15.0. The molecule has 1 aliphatic rings. The van der Waals surface area contributed by atoms with Gasteiger partial charge in [-0.1, -0.05) is 16.8 Å². The van der Waals surface area contributed by atoms with Crippen molar-refractivity contribution in [1.82, 2.24) is 29.6 Å². The van der Waals surface area contributed by atoms with Crippen molar-refractivity contribution in [3.8, 4) is 11.4 Å². The van der Waals surface area contributed by atoms with Crippen LogP contribution in [0.25, 0.3) is 11.4 Å². The molecule has 0 spiro atoms. The van der Waals surface area contributed by atoms with Crippen molar-refractivity contribution in [2.45, 2.75) is 39.6 Å². The lowest BCUT2D eigenvalue weighted by Gasteiger charge is -2.27. The third-order valence-electron chi connectivity index (χ3n) is 4.65. The van der Waals surface area contributed by atoms with Gasteiger partial charge < -0.3 is 9.63 Å². The summed E-state index contributed by atoms with van der Waals surface area (Å²) in [6.45, 7) is 6.60. The van der Waals surface area contributed by atoms with E-state index in [2.05, 4.69) is 20.3 Å². The minimum Gasteiger partial charge on any atom is -0.387 e. The maximum atomic E-state index is 9.74. The van der Waals surface area contributed by atoms with Crippen LogP contribution in [0.15, 0.2) is 16.7 Å². The van der Waals surface area contributed by atoms with Crippen LogP contribution in [0.5, 0.6) is 0 Å². The van der Waals surface area contributed by atoms with E-state index in [0.29, 0.717) is 23.1 Å². The molecule has 0 unspecified atom stereocenters. The fraction of sp³-hybridized carbons (Fsp3) is 0.471. The van der Waals surface area contributed by atoms with Crippen molar-refractivity contribution in [1.29, 1.82) is 0 Å². The normalized spacial score (nSPS) is 16.0. The second kappa shape index (κ2) is 6.53. The van der Waals surface area contributed by atoms with Gasteiger partial charge in [0.2, 0.25) is 0 Å². The smallest absolute Gasteiger partial charge is 0.134 e. The molecule has 0 aliphatic carbocycles. The summed E-state index contributed by atoms with van der Waals surface area (Å²) >= 11 is 6.50. The number of hydrogen-bond donors (Lipinski definition) is 1. The number of hydrogen-bond acceptors (Lipinski definition) is 6. The molecule has 9 heteroatoms. The Morgan fingerprint density at radius 3 is 2.81 bits per heavy atom. The van der Waals surface area contributed by atoms with Gasteiger partial charge in [-0.05, 0) is 19.9 Å². The van der Waals surface area contributed by atoms with E-state index in [1.165, 1.54) is 0 Å². The van der Waals surface area contributed by atoms with Crippen molar-refractivity contribution in [2.75, 3.05) is 6.54 Å². The third kappa shape index (κ3) is 3.04. The first-order valence-electron chi connectivity index (χ1n) is 8.54. The number of aliphatic hydroxyl groups excluding tert-OH is 1. The summed E-state index contributed by atoms with van der Waals surface area (Å²) in [5.74, 6) is 0.736. The Kier molecular flexibility index (Phi) is 4.34. The number of aromatic nitrogens is 5. The Hall–Kier alpha value is -2.16. The lowest BCUT2D eigenvalue weighted by Crippen LogP contribution is -2.33. The van der Waals surface area contributed by atoms with Gasteiger partial charge in [0, 0.05) is 38.3 Å². The molecule has 3 aromatic heterocycles. The summed E-state index contributed by atoms with van der Waals surface area (Å²) in [6.07, 6.45) is -0.559. The molecule has 26 heavy (non-hydrogen) atoms. The summed E-state index contributed by atoms with van der Waals surface area (Å²) in [5.41, 5.74) is 4.17. The molecule has 8 nitrogen and oxygen atoms in total. The minimum absolute atomic E-state index is 0.559. The first-order chi connectivity index (χ1) is 12.4. The van der Waals surface area contributed by atoms with Crippen LogP contribution in [0.4, 0.5) is 0 Å². The van der Waals surface area contributed by atoms with E-state index in [4.69, 9.17) is 16.1 Å². The number of fused-ring (bicyclic) bond motifs is 1. The highest BCUT2D eigenvalue weighted by Gasteiger charge is 2.25. The predicted molar refractivity (Wildman–Crippen MR) is 95.4 cm³/mol. The van der Waals surface area contributed by atoms with E-state index in [9.17, 15) is 5.11 Å². The van der Waals surface area contributed by atoms with E-state index < -0.39 is 6.10 Å². The summed E-state index contributed by atoms with van der Waals surface area (Å²) in [4.78, 5) is 2.29. The number of nitrogens with zero attached hydrogens (tertiary/aromatic N) is 6. The number of aryl methyl sites for hydroxylation is 2. The van der Waals surface area contributed by atoms with Gasteiger partial charge in [0.15, 0.2) is 0 Å². The van der Waals surface area contributed by atoms with E-state index in [1.807, 2.05) is 30.8 Å². The zero-order valence-corrected chi connectivity index (χ0v) is 15.7. The second-order valence-corrected chi connectivity index (χ2v) is 7.09. The topological polar surface area (TPSA) is 85.1 Å². The fourth-order valence-electron chi connectivity index (χ4n) is 3.28. The highest BCUT2D eigenvalue weighted by atomic mass is 35.5. The monoisotopic (exact) mass is 376 g/mol. The molecule has 0 aromatic carbocycles. The van der Waals surface area contributed by atoms with Crippen LogP contribution in [0, 0.1) is 6.92 Å². The van der Waals surface area contributed by atoms with E-state index >= 15 is 0 Å². The largest absolute Gasteiger partial charge is 0.387 e. The summed E-state index contributed by atoms with van der Waals surface area (Å²) in [6, 6.07) is 3.83. The van der Waals surface area contributed by atoms with Crippen molar-refractivity contribution < 1.29 is 9.63 Å². The van der Waals surface area contributed by atoms with Gasteiger partial charge in [-0.2, -0.15) is 10.2 Å². The van der Waals surface area contributed by atoms with Crippen molar-refractivity contribution in [3.63, 3.8) is 0 Å². The number of aliphatic hydroxyl groups is 1. The minimum atomic E-state index is -0.559. The molecule has 4 heterocycles. The lowest BCUT2D eigenvalue weighted by atomic mass is 10.1. The molecule has 0 amide bonds. The molecular weight excluding hydrogens is 356 g/mol. The highest BCUT2D eigenvalue weighted by Crippen LogP contribution is 2.30. The molecule has 0 saturated heterocycles.